The van der Waals surface area contributed by atoms with Gasteiger partial charge in [0.2, 0.25) is 11.8 Å². The van der Waals surface area contributed by atoms with Gasteiger partial charge >= 0.3 is 0 Å². The zero-order valence-electron chi connectivity index (χ0n) is 28.0. The number of ether oxygens (including phenoxy) is 2. The van der Waals surface area contributed by atoms with E-state index in [1.54, 1.807) is 12.0 Å². The summed E-state index contributed by atoms with van der Waals surface area (Å²) in [6, 6.07) is 15.3. The van der Waals surface area contributed by atoms with E-state index < -0.39 is 6.04 Å². The molecule has 2 aliphatic heterocycles. The van der Waals surface area contributed by atoms with Crippen molar-refractivity contribution >= 4 is 35.1 Å². The van der Waals surface area contributed by atoms with Gasteiger partial charge in [-0.15, -0.1) is 10.2 Å². The van der Waals surface area contributed by atoms with Crippen LogP contribution >= 0.6 is 11.6 Å². The number of aromatic nitrogens is 2. The van der Waals surface area contributed by atoms with Gasteiger partial charge in [0.05, 0.1) is 32.2 Å². The van der Waals surface area contributed by atoms with Crippen LogP contribution in [0.4, 0.5) is 11.6 Å². The maximum Gasteiger partial charge on any atom is 0.236 e. The van der Waals surface area contributed by atoms with Crippen molar-refractivity contribution in [1.82, 2.24) is 20.0 Å². The number of halogens is 1. The van der Waals surface area contributed by atoms with Crippen molar-refractivity contribution in [3.63, 3.8) is 0 Å². The Balaban J connectivity index is 1.19. The van der Waals surface area contributed by atoms with Gasteiger partial charge in [-0.05, 0) is 98.5 Å². The van der Waals surface area contributed by atoms with Crippen LogP contribution in [0.3, 0.4) is 0 Å². The lowest BCUT2D eigenvalue weighted by atomic mass is 9.84. The summed E-state index contributed by atoms with van der Waals surface area (Å²) in [5.74, 6) is 3.18. The molecule has 2 amide bonds. The minimum absolute atomic E-state index is 0.0506. The Morgan fingerprint density at radius 3 is 2.34 bits per heavy atom. The van der Waals surface area contributed by atoms with Gasteiger partial charge in [0.15, 0.2) is 23.1 Å². The second-order valence-corrected chi connectivity index (χ2v) is 13.8. The number of nitrogens with zero attached hydrogens (tertiary/aromatic N) is 6. The smallest absolute Gasteiger partial charge is 0.236 e. The first-order valence-electron chi connectivity index (χ1n) is 16.6. The fraction of sp³-hybridized carbons (Fsp3) is 0.500. The number of anilines is 2. The first-order valence-corrected chi connectivity index (χ1v) is 17.0. The average molecular weight is 661 g/mol. The van der Waals surface area contributed by atoms with E-state index in [4.69, 9.17) is 21.1 Å². The number of carbonyl (C=O) groups excluding carboxylic acids is 2. The first kappa shape index (κ1) is 33.0. The van der Waals surface area contributed by atoms with Crippen LogP contribution in [0, 0.1) is 5.92 Å². The zero-order valence-corrected chi connectivity index (χ0v) is 28.7. The van der Waals surface area contributed by atoms with E-state index in [-0.39, 0.29) is 24.3 Å². The standard InChI is InChI=1S/C36H45ClN6O4/c1-23(2)47-31-20-29-26(18-30(31)46-5)19-34(44)43(36(29)25-8-10-27(37)11-9-25)33-15-14-32(38-39-33)41(4)21-24-6-12-28(13-7-24)42-17-16-40(3)35(45)22-42/h8-11,14-15,18,20,23-24,28,36H,6-7,12-13,16-17,19,21-22H2,1-5H3/t24?,28?,36-/m0/s1. The van der Waals surface area contributed by atoms with E-state index in [9.17, 15) is 9.59 Å². The molecule has 10 nitrogen and oxygen atoms in total. The molecule has 0 spiro atoms. The summed E-state index contributed by atoms with van der Waals surface area (Å²) in [7, 11) is 5.55. The Kier molecular flexibility index (Phi) is 9.89. The predicted molar refractivity (Wildman–Crippen MR) is 184 cm³/mol. The molecule has 0 unspecified atom stereocenters. The number of methoxy groups -OCH3 is 1. The molecule has 1 saturated carbocycles. The first-order chi connectivity index (χ1) is 22.6. The van der Waals surface area contributed by atoms with Crippen molar-refractivity contribution in [3.05, 3.63) is 70.2 Å². The fourth-order valence-electron chi connectivity index (χ4n) is 7.21. The quantitative estimate of drug-likeness (QED) is 0.303. The SMILES string of the molecule is COc1cc2c(cc1OC(C)C)[C@H](c1ccc(Cl)cc1)N(c1ccc(N(C)CC3CCC(N4CCN(C)C(=O)C4)CC3)nn1)C(=O)C2. The van der Waals surface area contributed by atoms with Crippen LogP contribution < -0.4 is 19.3 Å². The van der Waals surface area contributed by atoms with E-state index in [1.165, 1.54) is 0 Å². The highest BCUT2D eigenvalue weighted by Crippen LogP contribution is 2.43. The molecule has 3 heterocycles. The molecular formula is C36H45ClN6O4. The normalized spacial score (nSPS) is 22.0. The highest BCUT2D eigenvalue weighted by Gasteiger charge is 2.37. The molecule has 11 heteroatoms. The molecule has 3 aliphatic rings. The molecule has 1 aromatic heterocycles. The van der Waals surface area contributed by atoms with E-state index in [1.807, 2.05) is 74.3 Å². The summed E-state index contributed by atoms with van der Waals surface area (Å²) < 4.78 is 11.8. The molecule has 47 heavy (non-hydrogen) atoms. The number of hydrogen-bond donors (Lipinski definition) is 0. The van der Waals surface area contributed by atoms with Gasteiger partial charge < -0.3 is 19.3 Å². The molecular weight excluding hydrogens is 616 g/mol. The number of likely N-dealkylation sites (N-methyl/N-ethyl adjacent to an activating group) is 1. The molecule has 2 aromatic carbocycles. The molecule has 1 atom stereocenters. The van der Waals surface area contributed by atoms with Gasteiger partial charge in [-0.1, -0.05) is 23.7 Å². The maximum atomic E-state index is 13.9. The second-order valence-electron chi connectivity index (χ2n) is 13.4. The molecule has 250 valence electrons. The number of amides is 2. The summed E-state index contributed by atoms with van der Waals surface area (Å²) >= 11 is 6.26. The molecule has 6 rings (SSSR count). The third kappa shape index (κ3) is 7.18. The van der Waals surface area contributed by atoms with E-state index in [0.717, 1.165) is 67.8 Å². The zero-order chi connectivity index (χ0) is 33.2. The number of fused-ring (bicyclic) bond motifs is 1. The Labute approximate surface area is 282 Å². The summed E-state index contributed by atoms with van der Waals surface area (Å²) in [6.45, 7) is 7.15. The van der Waals surface area contributed by atoms with Crippen molar-refractivity contribution in [2.75, 3.05) is 57.2 Å². The van der Waals surface area contributed by atoms with E-state index in [0.29, 0.717) is 40.8 Å². The number of carbonyl (C=O) groups is 2. The van der Waals surface area contributed by atoms with Gasteiger partial charge in [-0.25, -0.2) is 0 Å². The van der Waals surface area contributed by atoms with E-state index in [2.05, 4.69) is 27.0 Å². The molecule has 0 radical (unpaired) electrons. The van der Waals surface area contributed by atoms with Gasteiger partial charge in [0, 0.05) is 44.8 Å². The van der Waals surface area contributed by atoms with Crippen LogP contribution in [0.1, 0.15) is 62.3 Å². The van der Waals surface area contributed by atoms with Crippen molar-refractivity contribution in [2.24, 2.45) is 5.92 Å². The summed E-state index contributed by atoms with van der Waals surface area (Å²) in [5.41, 5.74) is 2.74. The lowest BCUT2D eigenvalue weighted by Gasteiger charge is -2.41. The number of hydrogen-bond acceptors (Lipinski definition) is 8. The topological polar surface area (TPSA) is 91.3 Å². The summed E-state index contributed by atoms with van der Waals surface area (Å²) in [5, 5.41) is 9.84. The maximum absolute atomic E-state index is 13.9. The fourth-order valence-corrected chi connectivity index (χ4v) is 7.33. The van der Waals surface area contributed by atoms with Crippen molar-refractivity contribution < 1.29 is 19.1 Å². The summed E-state index contributed by atoms with van der Waals surface area (Å²) in [6.07, 6.45) is 4.62. The lowest BCUT2D eigenvalue weighted by Crippen LogP contribution is -2.53. The minimum atomic E-state index is -0.451. The molecule has 0 bridgehead atoms. The summed E-state index contributed by atoms with van der Waals surface area (Å²) in [4.78, 5) is 34.2. The highest BCUT2D eigenvalue weighted by molar-refractivity contribution is 6.30. The van der Waals surface area contributed by atoms with Gasteiger partial charge in [0.1, 0.15) is 0 Å². The van der Waals surface area contributed by atoms with Gasteiger partial charge in [0.25, 0.3) is 0 Å². The molecule has 2 fully saturated rings. The lowest BCUT2D eigenvalue weighted by molar-refractivity contribution is -0.135. The number of piperazine rings is 1. The number of rotatable bonds is 9. The molecule has 3 aromatic rings. The van der Waals surface area contributed by atoms with Crippen LogP contribution in [0.5, 0.6) is 11.5 Å². The monoisotopic (exact) mass is 660 g/mol. The predicted octanol–water partition coefficient (Wildman–Crippen LogP) is 5.37. The Hall–Kier alpha value is -3.89. The molecule has 0 N–H and O–H groups in total. The average Bonchev–Trinajstić information content (AvgIpc) is 3.06. The van der Waals surface area contributed by atoms with Gasteiger partial charge in [-0.2, -0.15) is 0 Å². The van der Waals surface area contributed by atoms with Crippen LogP contribution in [0.15, 0.2) is 48.5 Å². The van der Waals surface area contributed by atoms with Crippen molar-refractivity contribution in [2.45, 2.75) is 64.1 Å². The van der Waals surface area contributed by atoms with Crippen molar-refractivity contribution in [1.29, 1.82) is 0 Å². The largest absolute Gasteiger partial charge is 0.493 e. The van der Waals surface area contributed by atoms with Crippen LogP contribution in [-0.2, 0) is 16.0 Å². The Morgan fingerprint density at radius 2 is 1.70 bits per heavy atom. The third-order valence-corrected chi connectivity index (χ3v) is 10.0. The van der Waals surface area contributed by atoms with Gasteiger partial charge in [-0.3, -0.25) is 19.4 Å². The Morgan fingerprint density at radius 1 is 0.957 bits per heavy atom. The molecule has 1 aliphatic carbocycles. The molecule has 1 saturated heterocycles. The third-order valence-electron chi connectivity index (χ3n) is 9.76. The number of benzene rings is 2. The van der Waals surface area contributed by atoms with Crippen LogP contribution in [-0.4, -0.2) is 91.3 Å². The Bertz CT molecular complexity index is 1580. The van der Waals surface area contributed by atoms with E-state index >= 15 is 0 Å². The van der Waals surface area contributed by atoms with Crippen LogP contribution in [0.2, 0.25) is 5.02 Å². The van der Waals surface area contributed by atoms with Crippen LogP contribution in [0.25, 0.3) is 0 Å². The minimum Gasteiger partial charge on any atom is -0.493 e. The second kappa shape index (κ2) is 14.1. The highest BCUT2D eigenvalue weighted by atomic mass is 35.5. The van der Waals surface area contributed by atoms with Crippen molar-refractivity contribution in [3.8, 4) is 11.5 Å².